The maximum Gasteiger partial charge on any atom is 0.305 e. The number of carboxylic acids is 1. The Bertz CT molecular complexity index is 1070. The van der Waals surface area contributed by atoms with E-state index in [0.717, 1.165) is 40.6 Å². The molecule has 0 amide bonds. The summed E-state index contributed by atoms with van der Waals surface area (Å²) in [5.41, 5.74) is 3.87. The SMILES string of the molecule is O=C(O)C[C@H](O)C[C@H](O)/C=C/c1c(C2CC2)nc2ccccc2c1C1C=CC(F)=CC1. The number of aliphatic hydroxyl groups is 2. The molecule has 0 spiro atoms. The van der Waals surface area contributed by atoms with Gasteiger partial charge in [0.2, 0.25) is 0 Å². The molecular weight excluding hydrogens is 397 g/mol. The van der Waals surface area contributed by atoms with E-state index in [1.807, 2.05) is 36.4 Å². The second kappa shape index (κ2) is 9.12. The molecule has 2 aromatic rings. The Balaban J connectivity index is 1.74. The molecule has 1 saturated carbocycles. The molecule has 2 aliphatic rings. The Morgan fingerprint density at radius 1 is 1.26 bits per heavy atom. The third-order valence-corrected chi connectivity index (χ3v) is 5.80. The number of nitrogens with zero attached hydrogens (tertiary/aromatic N) is 1. The Labute approximate surface area is 180 Å². The predicted octanol–water partition coefficient (Wildman–Crippen LogP) is 4.61. The van der Waals surface area contributed by atoms with Crippen LogP contribution < -0.4 is 0 Å². The number of rotatable bonds is 8. The zero-order valence-corrected chi connectivity index (χ0v) is 17.1. The van der Waals surface area contributed by atoms with Crippen molar-refractivity contribution in [3.8, 4) is 0 Å². The zero-order chi connectivity index (χ0) is 22.0. The number of para-hydroxylation sites is 1. The van der Waals surface area contributed by atoms with E-state index in [-0.39, 0.29) is 18.2 Å². The quantitative estimate of drug-likeness (QED) is 0.577. The van der Waals surface area contributed by atoms with E-state index in [9.17, 15) is 19.4 Å². The van der Waals surface area contributed by atoms with Crippen molar-refractivity contribution in [1.82, 2.24) is 4.98 Å². The summed E-state index contributed by atoms with van der Waals surface area (Å²) >= 11 is 0. The molecule has 2 aliphatic carbocycles. The Morgan fingerprint density at radius 2 is 2.03 bits per heavy atom. The number of aliphatic hydroxyl groups excluding tert-OH is 2. The minimum atomic E-state index is -1.12. The van der Waals surface area contributed by atoms with Crippen LogP contribution in [0.3, 0.4) is 0 Å². The van der Waals surface area contributed by atoms with Gasteiger partial charge in [0.25, 0.3) is 0 Å². The molecule has 3 atom stereocenters. The molecule has 31 heavy (non-hydrogen) atoms. The van der Waals surface area contributed by atoms with Gasteiger partial charge in [-0.05, 0) is 43.0 Å². The molecule has 0 aliphatic heterocycles. The highest BCUT2D eigenvalue weighted by Crippen LogP contribution is 2.45. The first-order chi connectivity index (χ1) is 14.9. The zero-order valence-electron chi connectivity index (χ0n) is 17.1. The number of aliphatic carboxylic acids is 1. The Morgan fingerprint density at radius 3 is 2.71 bits per heavy atom. The van der Waals surface area contributed by atoms with Gasteiger partial charge in [0.15, 0.2) is 0 Å². The number of aromatic nitrogens is 1. The first-order valence-electron chi connectivity index (χ1n) is 10.6. The molecule has 5 nitrogen and oxygen atoms in total. The highest BCUT2D eigenvalue weighted by molar-refractivity contribution is 5.87. The van der Waals surface area contributed by atoms with Crippen LogP contribution in [0.15, 0.2) is 54.4 Å². The maximum absolute atomic E-state index is 13.6. The third-order valence-electron chi connectivity index (χ3n) is 5.80. The van der Waals surface area contributed by atoms with E-state index in [2.05, 4.69) is 0 Å². The van der Waals surface area contributed by atoms with Crippen LogP contribution >= 0.6 is 0 Å². The standard InChI is InChI=1S/C25H26FNO4/c26-17-9-7-15(8-10-17)24-20-3-1-2-4-22(20)27-25(16-5-6-16)21(24)12-11-18(28)13-19(29)14-23(30)31/h1-4,7,9-12,15-16,18-19,28-29H,5-6,8,13-14H2,(H,30,31)/b12-11+/t15?,18-,19-/m1/s1. The number of pyridine rings is 1. The topological polar surface area (TPSA) is 90.7 Å². The smallest absolute Gasteiger partial charge is 0.305 e. The molecule has 3 N–H and O–H groups in total. The Kier molecular flexibility index (Phi) is 6.30. The van der Waals surface area contributed by atoms with Crippen LogP contribution in [-0.4, -0.2) is 38.5 Å². The molecule has 4 rings (SSSR count). The fraction of sp³-hybridized carbons (Fsp3) is 0.360. The van der Waals surface area contributed by atoms with Gasteiger partial charge in [0, 0.05) is 29.2 Å². The monoisotopic (exact) mass is 423 g/mol. The van der Waals surface area contributed by atoms with Crippen molar-refractivity contribution >= 4 is 22.9 Å². The molecule has 6 heteroatoms. The number of fused-ring (bicyclic) bond motifs is 1. The van der Waals surface area contributed by atoms with E-state index in [0.29, 0.717) is 12.3 Å². The predicted molar refractivity (Wildman–Crippen MR) is 117 cm³/mol. The minimum Gasteiger partial charge on any atom is -0.481 e. The highest BCUT2D eigenvalue weighted by Gasteiger charge is 2.30. The first-order valence-corrected chi connectivity index (χ1v) is 10.6. The van der Waals surface area contributed by atoms with Crippen LogP contribution in [0.5, 0.6) is 0 Å². The average molecular weight is 423 g/mol. The summed E-state index contributed by atoms with van der Waals surface area (Å²) in [6.45, 7) is 0. The molecule has 0 radical (unpaired) electrons. The summed E-state index contributed by atoms with van der Waals surface area (Å²) in [6.07, 6.45) is 8.45. The van der Waals surface area contributed by atoms with E-state index < -0.39 is 24.6 Å². The number of carbonyl (C=O) groups is 1. The molecular formula is C25H26FNO4. The van der Waals surface area contributed by atoms with Crippen molar-refractivity contribution in [2.24, 2.45) is 0 Å². The van der Waals surface area contributed by atoms with Gasteiger partial charge in [-0.1, -0.05) is 36.4 Å². The van der Waals surface area contributed by atoms with Crippen molar-refractivity contribution in [2.75, 3.05) is 0 Å². The van der Waals surface area contributed by atoms with Crippen LogP contribution in [0, 0.1) is 0 Å². The second-order valence-electron chi connectivity index (χ2n) is 8.32. The minimum absolute atomic E-state index is 0.0145. The van der Waals surface area contributed by atoms with Gasteiger partial charge in [-0.2, -0.15) is 0 Å². The molecule has 0 saturated heterocycles. The molecule has 1 unspecified atom stereocenters. The van der Waals surface area contributed by atoms with Crippen molar-refractivity contribution in [2.45, 2.75) is 56.1 Å². The normalized spacial score (nSPS) is 20.7. The molecule has 1 aromatic carbocycles. The summed E-state index contributed by atoms with van der Waals surface area (Å²) in [5, 5.41) is 30.0. The molecule has 1 aromatic heterocycles. The second-order valence-corrected chi connectivity index (χ2v) is 8.32. The molecule has 162 valence electrons. The van der Waals surface area contributed by atoms with Gasteiger partial charge in [-0.15, -0.1) is 0 Å². The van der Waals surface area contributed by atoms with Crippen LogP contribution in [-0.2, 0) is 4.79 Å². The first kappa shape index (κ1) is 21.4. The number of hydrogen-bond donors (Lipinski definition) is 3. The van der Waals surface area contributed by atoms with Gasteiger partial charge >= 0.3 is 5.97 Å². The van der Waals surface area contributed by atoms with Crippen molar-refractivity contribution < 1.29 is 24.5 Å². The van der Waals surface area contributed by atoms with E-state index in [1.54, 1.807) is 12.2 Å². The largest absolute Gasteiger partial charge is 0.481 e. The molecule has 0 bridgehead atoms. The summed E-state index contributed by atoms with van der Waals surface area (Å²) in [4.78, 5) is 15.7. The number of halogens is 1. The van der Waals surface area contributed by atoms with Gasteiger partial charge in [-0.25, -0.2) is 4.39 Å². The van der Waals surface area contributed by atoms with E-state index in [4.69, 9.17) is 10.1 Å². The highest BCUT2D eigenvalue weighted by atomic mass is 19.1. The molecule has 1 fully saturated rings. The van der Waals surface area contributed by atoms with Crippen LogP contribution in [0.2, 0.25) is 0 Å². The average Bonchev–Trinajstić information content (AvgIpc) is 3.56. The number of carboxylic acid groups (broad SMARTS) is 1. The number of hydrogen-bond acceptors (Lipinski definition) is 4. The van der Waals surface area contributed by atoms with Gasteiger partial charge in [-0.3, -0.25) is 9.78 Å². The van der Waals surface area contributed by atoms with Gasteiger partial charge in [0.1, 0.15) is 5.83 Å². The van der Waals surface area contributed by atoms with Gasteiger partial charge in [0.05, 0.1) is 29.8 Å². The van der Waals surface area contributed by atoms with Crippen LogP contribution in [0.4, 0.5) is 4.39 Å². The third kappa shape index (κ3) is 5.09. The van der Waals surface area contributed by atoms with Crippen molar-refractivity contribution in [3.63, 3.8) is 0 Å². The summed E-state index contributed by atoms with van der Waals surface area (Å²) in [5.74, 6) is -1.00. The van der Waals surface area contributed by atoms with E-state index in [1.165, 1.54) is 6.08 Å². The van der Waals surface area contributed by atoms with Crippen LogP contribution in [0.25, 0.3) is 17.0 Å². The van der Waals surface area contributed by atoms with Crippen molar-refractivity contribution in [1.29, 1.82) is 0 Å². The Hall–Kier alpha value is -2.83. The maximum atomic E-state index is 13.6. The number of benzene rings is 1. The summed E-state index contributed by atoms with van der Waals surface area (Å²) < 4.78 is 13.6. The lowest BCUT2D eigenvalue weighted by atomic mass is 9.84. The lowest BCUT2D eigenvalue weighted by Gasteiger charge is -2.22. The van der Waals surface area contributed by atoms with Gasteiger partial charge < -0.3 is 15.3 Å². The lowest BCUT2D eigenvalue weighted by Crippen LogP contribution is -2.19. The van der Waals surface area contributed by atoms with E-state index >= 15 is 0 Å². The fourth-order valence-corrected chi connectivity index (χ4v) is 4.17. The summed E-state index contributed by atoms with van der Waals surface area (Å²) in [7, 11) is 0. The van der Waals surface area contributed by atoms with Crippen LogP contribution in [0.1, 0.15) is 60.8 Å². The lowest BCUT2D eigenvalue weighted by molar-refractivity contribution is -0.139. The number of allylic oxidation sites excluding steroid dienone is 4. The molecule has 1 heterocycles. The van der Waals surface area contributed by atoms with Crippen molar-refractivity contribution in [3.05, 3.63) is 71.2 Å². The summed E-state index contributed by atoms with van der Waals surface area (Å²) in [6, 6.07) is 7.91. The fourth-order valence-electron chi connectivity index (χ4n) is 4.17.